The minimum Gasteiger partial charge on any atom is -0.383 e. The molecule has 0 amide bonds. The van der Waals surface area contributed by atoms with E-state index in [4.69, 9.17) is 4.98 Å². The molecule has 3 rings (SSSR count). The summed E-state index contributed by atoms with van der Waals surface area (Å²) in [6.45, 7) is 17.5. The van der Waals surface area contributed by atoms with E-state index in [0.717, 1.165) is 65.9 Å². The first kappa shape index (κ1) is 23.1. The lowest BCUT2D eigenvalue weighted by Gasteiger charge is -2.28. The van der Waals surface area contributed by atoms with Crippen molar-refractivity contribution in [1.82, 2.24) is 15.2 Å². The zero-order chi connectivity index (χ0) is 23.1. The van der Waals surface area contributed by atoms with Crippen molar-refractivity contribution in [1.29, 1.82) is 0 Å². The monoisotopic (exact) mass is 430 g/mol. The molecule has 0 radical (unpaired) electrons. The third-order valence-electron chi connectivity index (χ3n) is 5.36. The third-order valence-corrected chi connectivity index (χ3v) is 5.36. The summed E-state index contributed by atoms with van der Waals surface area (Å²) in [5, 5.41) is 3.34. The van der Waals surface area contributed by atoms with Crippen molar-refractivity contribution < 1.29 is 0 Å². The van der Waals surface area contributed by atoms with Crippen LogP contribution < -0.4 is 15.1 Å². The van der Waals surface area contributed by atoms with E-state index in [1.54, 1.807) is 0 Å². The lowest BCUT2D eigenvalue weighted by molar-refractivity contribution is 0.563. The normalized spacial score (nSPS) is 13.5. The smallest absolute Gasteiger partial charge is 0.158 e. The zero-order valence-corrected chi connectivity index (χ0v) is 19.5. The molecular weight excluding hydrogens is 396 g/mol. The maximum Gasteiger partial charge on any atom is 0.158 e. The predicted octanol–water partition coefficient (Wildman–Crippen LogP) is 4.64. The van der Waals surface area contributed by atoms with Crippen LogP contribution in [0.1, 0.15) is 18.9 Å². The maximum absolute atomic E-state index is 5.11. The Bertz CT molecular complexity index is 1010. The molecule has 0 unspecified atom stereocenters. The Kier molecular flexibility index (Phi) is 7.71. The van der Waals surface area contributed by atoms with Crippen molar-refractivity contribution in [2.75, 3.05) is 43.5 Å². The molecule has 0 spiro atoms. The number of benzene rings is 1. The molecule has 0 saturated heterocycles. The summed E-state index contributed by atoms with van der Waals surface area (Å²) in [6, 6.07) is 12.6. The van der Waals surface area contributed by atoms with Crippen LogP contribution in [0.3, 0.4) is 0 Å². The van der Waals surface area contributed by atoms with E-state index < -0.39 is 0 Å². The van der Waals surface area contributed by atoms with Gasteiger partial charge in [0, 0.05) is 51.2 Å². The van der Waals surface area contributed by atoms with E-state index in [1.807, 2.05) is 37.3 Å². The highest BCUT2D eigenvalue weighted by atomic mass is 15.3. The summed E-state index contributed by atoms with van der Waals surface area (Å²) in [5.41, 5.74) is 5.02. The van der Waals surface area contributed by atoms with Crippen molar-refractivity contribution in [3.05, 3.63) is 78.9 Å². The molecule has 6 nitrogen and oxygen atoms in total. The van der Waals surface area contributed by atoms with E-state index in [-0.39, 0.29) is 0 Å². The van der Waals surface area contributed by atoms with Crippen molar-refractivity contribution in [2.45, 2.75) is 19.9 Å². The summed E-state index contributed by atoms with van der Waals surface area (Å²) in [7, 11) is 3.96. The Morgan fingerprint density at radius 1 is 1.22 bits per heavy atom. The molecule has 0 bridgehead atoms. The average molecular weight is 431 g/mol. The molecular formula is C26H34N6. The quantitative estimate of drug-likeness (QED) is 0.464. The van der Waals surface area contributed by atoms with Crippen LogP contribution in [0.5, 0.6) is 0 Å². The number of fused-ring (bicyclic) bond motifs is 1. The van der Waals surface area contributed by atoms with Crippen molar-refractivity contribution >= 4 is 18.2 Å². The van der Waals surface area contributed by atoms with E-state index in [9.17, 15) is 0 Å². The van der Waals surface area contributed by atoms with Crippen LogP contribution in [0, 0.1) is 0 Å². The molecule has 1 aliphatic heterocycles. The summed E-state index contributed by atoms with van der Waals surface area (Å²) in [4.78, 5) is 15.6. The Balaban J connectivity index is 1.97. The molecule has 1 aromatic carbocycles. The Morgan fingerprint density at radius 2 is 2.03 bits per heavy atom. The first-order chi connectivity index (χ1) is 15.4. The fourth-order valence-corrected chi connectivity index (χ4v) is 3.78. The lowest BCUT2D eigenvalue weighted by atomic mass is 10.1. The van der Waals surface area contributed by atoms with Crippen molar-refractivity contribution in [3.63, 3.8) is 0 Å². The van der Waals surface area contributed by atoms with Crippen molar-refractivity contribution in [2.24, 2.45) is 4.99 Å². The highest BCUT2D eigenvalue weighted by Gasteiger charge is 2.24. The molecule has 2 aromatic rings. The molecule has 0 aliphatic carbocycles. The number of allylic oxidation sites excluding steroid dienone is 1. The lowest BCUT2D eigenvalue weighted by Crippen LogP contribution is -2.31. The van der Waals surface area contributed by atoms with Crippen LogP contribution >= 0.6 is 0 Å². The summed E-state index contributed by atoms with van der Waals surface area (Å²) < 4.78 is 0. The standard InChI is InChI=1S/C26H34N6/c1-7-31-15-9-16-32(21(3)28-20(2)14-17-30(5)6)26-25(31)13-12-24(29-26)23-11-8-10-22(18-23)19-27-4/h8,10-14,17-18,28H,2-4,7,9,15-16,19H2,1,5-6H3/b17-14-. The molecule has 2 heterocycles. The fourth-order valence-electron chi connectivity index (χ4n) is 3.78. The zero-order valence-electron chi connectivity index (χ0n) is 19.5. The number of pyridine rings is 1. The number of hydrogen-bond acceptors (Lipinski definition) is 6. The molecule has 0 saturated carbocycles. The van der Waals surface area contributed by atoms with Crippen molar-refractivity contribution in [3.8, 4) is 11.3 Å². The van der Waals surface area contributed by atoms with Gasteiger partial charge in [0.2, 0.25) is 0 Å². The molecule has 1 aromatic heterocycles. The molecule has 1 aliphatic rings. The molecule has 0 fully saturated rings. The van der Waals surface area contributed by atoms with Gasteiger partial charge in [0.15, 0.2) is 5.82 Å². The van der Waals surface area contributed by atoms with Crippen LogP contribution in [0.4, 0.5) is 11.5 Å². The molecule has 32 heavy (non-hydrogen) atoms. The second kappa shape index (κ2) is 10.7. The van der Waals surface area contributed by atoms with Gasteiger partial charge in [0.05, 0.1) is 17.9 Å². The first-order valence-corrected chi connectivity index (χ1v) is 11.0. The minimum absolute atomic E-state index is 0.595. The average Bonchev–Trinajstić information content (AvgIpc) is 2.97. The number of hydrogen-bond donors (Lipinski definition) is 1. The number of rotatable bonds is 9. The van der Waals surface area contributed by atoms with Gasteiger partial charge in [-0.25, -0.2) is 4.98 Å². The Labute approximate surface area is 192 Å². The van der Waals surface area contributed by atoms with Gasteiger partial charge in [0.25, 0.3) is 0 Å². The Morgan fingerprint density at radius 3 is 2.75 bits per heavy atom. The number of nitrogens with zero attached hydrogens (tertiary/aromatic N) is 5. The topological polar surface area (TPSA) is 47.0 Å². The second-order valence-corrected chi connectivity index (χ2v) is 8.08. The van der Waals surface area contributed by atoms with Gasteiger partial charge >= 0.3 is 0 Å². The highest BCUT2D eigenvalue weighted by molar-refractivity contribution is 5.75. The summed E-state index contributed by atoms with van der Waals surface area (Å²) in [6.07, 6.45) is 4.91. The Hall–Kier alpha value is -3.54. The van der Waals surface area contributed by atoms with E-state index in [2.05, 4.69) is 77.2 Å². The second-order valence-electron chi connectivity index (χ2n) is 8.08. The van der Waals surface area contributed by atoms with Gasteiger partial charge < -0.3 is 20.0 Å². The number of aromatic nitrogens is 1. The number of aliphatic imine (C=N–C) groups is 1. The fraction of sp³-hybridized carbons (Fsp3) is 0.308. The third kappa shape index (κ3) is 5.58. The van der Waals surface area contributed by atoms with Crippen LogP contribution in [0.15, 0.2) is 78.3 Å². The number of nitrogens with one attached hydrogen (secondary N) is 1. The van der Waals surface area contributed by atoms with Gasteiger partial charge in [-0.2, -0.15) is 0 Å². The van der Waals surface area contributed by atoms with Gasteiger partial charge in [-0.15, -0.1) is 0 Å². The highest BCUT2D eigenvalue weighted by Crippen LogP contribution is 2.34. The van der Waals surface area contributed by atoms with Gasteiger partial charge in [-0.3, -0.25) is 4.99 Å². The summed E-state index contributed by atoms with van der Waals surface area (Å²) in [5.74, 6) is 1.68. The predicted molar refractivity (Wildman–Crippen MR) is 137 cm³/mol. The van der Waals surface area contributed by atoms with Crippen LogP contribution in [-0.2, 0) is 6.54 Å². The van der Waals surface area contributed by atoms with Gasteiger partial charge in [-0.05, 0) is 49.9 Å². The molecule has 168 valence electrons. The molecule has 0 atom stereocenters. The minimum atomic E-state index is 0.595. The summed E-state index contributed by atoms with van der Waals surface area (Å²) >= 11 is 0. The van der Waals surface area contributed by atoms with Crippen LogP contribution in [0.2, 0.25) is 0 Å². The van der Waals surface area contributed by atoms with Gasteiger partial charge in [-0.1, -0.05) is 31.4 Å². The maximum atomic E-state index is 5.11. The molecule has 1 N–H and O–H groups in total. The SMILES string of the molecule is C=NCc1cccc(-c2ccc3c(n2)N(C(=C)NC(=C)/C=C\N(C)C)CCCN3CC)c1. The first-order valence-electron chi connectivity index (χ1n) is 11.0. The molecule has 6 heteroatoms. The largest absolute Gasteiger partial charge is 0.383 e. The van der Waals surface area contributed by atoms with E-state index in [1.165, 1.54) is 0 Å². The number of anilines is 2. The van der Waals surface area contributed by atoms with Gasteiger partial charge in [0.1, 0.15) is 5.82 Å². The van der Waals surface area contributed by atoms with Crippen LogP contribution in [-0.4, -0.2) is 50.3 Å². The van der Waals surface area contributed by atoms with E-state index in [0.29, 0.717) is 6.54 Å². The van der Waals surface area contributed by atoms with Crippen LogP contribution in [0.25, 0.3) is 11.3 Å². The van der Waals surface area contributed by atoms with E-state index >= 15 is 0 Å².